The molecular weight excluding hydrogens is 260 g/mol. The van der Waals surface area contributed by atoms with Gasteiger partial charge in [-0.15, -0.1) is 11.3 Å². The van der Waals surface area contributed by atoms with Crippen LogP contribution in [0, 0.1) is 6.92 Å². The number of rotatable bonds is 6. The van der Waals surface area contributed by atoms with E-state index in [-0.39, 0.29) is 12.0 Å². The van der Waals surface area contributed by atoms with Crippen molar-refractivity contribution in [1.82, 2.24) is 10.6 Å². The lowest BCUT2D eigenvalue weighted by molar-refractivity contribution is 0.0958. The van der Waals surface area contributed by atoms with Gasteiger partial charge in [0.2, 0.25) is 0 Å². The Kier molecular flexibility index (Phi) is 5.91. The summed E-state index contributed by atoms with van der Waals surface area (Å²) in [5, 5.41) is 17.2. The molecule has 1 aromatic rings. The van der Waals surface area contributed by atoms with Gasteiger partial charge in [-0.2, -0.15) is 0 Å². The third-order valence-corrected chi connectivity index (χ3v) is 3.83. The number of halogens is 1. The summed E-state index contributed by atoms with van der Waals surface area (Å²) >= 11 is 7.33. The Balaban J connectivity index is 2.28. The van der Waals surface area contributed by atoms with Crippen molar-refractivity contribution in [3.8, 4) is 0 Å². The van der Waals surface area contributed by atoms with E-state index in [1.165, 1.54) is 11.3 Å². The van der Waals surface area contributed by atoms with E-state index in [0.717, 1.165) is 5.56 Å². The van der Waals surface area contributed by atoms with Crippen molar-refractivity contribution in [2.24, 2.45) is 0 Å². The van der Waals surface area contributed by atoms with E-state index in [2.05, 4.69) is 10.6 Å². The van der Waals surface area contributed by atoms with Crippen LogP contribution in [0.1, 0.15) is 22.2 Å². The number of aliphatic hydroxyl groups is 1. The lowest BCUT2D eigenvalue weighted by atomic mass is 10.3. The second-order valence-corrected chi connectivity index (χ2v) is 5.13. The SMILES string of the molecule is Cc1csc(C(=O)NCCNCC(C)O)c1Cl. The number of aliphatic hydroxyl groups excluding tert-OH is 1. The van der Waals surface area contributed by atoms with Crippen LogP contribution in [0.5, 0.6) is 0 Å². The number of carbonyl (C=O) groups is 1. The Morgan fingerprint density at radius 1 is 1.59 bits per heavy atom. The van der Waals surface area contributed by atoms with Crippen LogP contribution in [0.25, 0.3) is 0 Å². The lowest BCUT2D eigenvalue weighted by Crippen LogP contribution is -2.34. The minimum absolute atomic E-state index is 0.146. The molecule has 0 spiro atoms. The molecule has 4 nitrogen and oxygen atoms in total. The molecule has 0 fully saturated rings. The van der Waals surface area contributed by atoms with Crippen LogP contribution in [0.15, 0.2) is 5.38 Å². The average Bonchev–Trinajstić information content (AvgIpc) is 2.59. The number of nitrogens with one attached hydrogen (secondary N) is 2. The highest BCUT2D eigenvalue weighted by Crippen LogP contribution is 2.26. The maximum Gasteiger partial charge on any atom is 0.262 e. The largest absolute Gasteiger partial charge is 0.392 e. The maximum atomic E-state index is 11.7. The first kappa shape index (κ1) is 14.4. The Hall–Kier alpha value is -0.620. The summed E-state index contributed by atoms with van der Waals surface area (Å²) in [6, 6.07) is 0. The standard InChI is InChI=1S/C11H17ClN2O2S/c1-7-6-17-10(9(7)12)11(16)14-4-3-13-5-8(2)15/h6,8,13,15H,3-5H2,1-2H3,(H,14,16). The van der Waals surface area contributed by atoms with Gasteiger partial charge >= 0.3 is 0 Å². The van der Waals surface area contributed by atoms with Crippen molar-refractivity contribution in [2.45, 2.75) is 20.0 Å². The van der Waals surface area contributed by atoms with E-state index < -0.39 is 0 Å². The highest BCUT2D eigenvalue weighted by molar-refractivity contribution is 7.13. The molecule has 0 radical (unpaired) electrons. The quantitative estimate of drug-likeness (QED) is 0.689. The fourth-order valence-electron chi connectivity index (χ4n) is 1.24. The number of amides is 1. The molecule has 0 bridgehead atoms. The lowest BCUT2D eigenvalue weighted by Gasteiger charge is -2.07. The number of aryl methyl sites for hydroxylation is 1. The molecule has 3 N–H and O–H groups in total. The van der Waals surface area contributed by atoms with Crippen molar-refractivity contribution in [3.63, 3.8) is 0 Å². The normalized spacial score (nSPS) is 12.5. The van der Waals surface area contributed by atoms with Crippen LogP contribution in [-0.2, 0) is 0 Å². The smallest absolute Gasteiger partial charge is 0.262 e. The van der Waals surface area contributed by atoms with Gasteiger partial charge in [-0.25, -0.2) is 0 Å². The first-order valence-electron chi connectivity index (χ1n) is 5.43. The molecular formula is C11H17ClN2O2S. The molecule has 1 amide bonds. The van der Waals surface area contributed by atoms with Gasteiger partial charge < -0.3 is 15.7 Å². The molecule has 1 atom stereocenters. The van der Waals surface area contributed by atoms with Crippen LogP contribution in [0.3, 0.4) is 0 Å². The van der Waals surface area contributed by atoms with Crippen LogP contribution >= 0.6 is 22.9 Å². The Labute approximate surface area is 110 Å². The summed E-state index contributed by atoms with van der Waals surface area (Å²) in [6.45, 7) is 5.24. The van der Waals surface area contributed by atoms with Crippen LogP contribution in [0.4, 0.5) is 0 Å². The summed E-state index contributed by atoms with van der Waals surface area (Å²) in [5.74, 6) is -0.146. The van der Waals surface area contributed by atoms with E-state index >= 15 is 0 Å². The van der Waals surface area contributed by atoms with Crippen molar-refractivity contribution >= 4 is 28.8 Å². The second-order valence-electron chi connectivity index (χ2n) is 3.87. The third kappa shape index (κ3) is 4.63. The Morgan fingerprint density at radius 2 is 2.29 bits per heavy atom. The van der Waals surface area contributed by atoms with Gasteiger partial charge in [0.05, 0.1) is 11.1 Å². The zero-order chi connectivity index (χ0) is 12.8. The fourth-order valence-corrected chi connectivity index (χ4v) is 2.43. The second kappa shape index (κ2) is 6.96. The highest BCUT2D eigenvalue weighted by atomic mass is 35.5. The summed E-state index contributed by atoms with van der Waals surface area (Å²) in [5.41, 5.74) is 0.925. The molecule has 1 rings (SSSR count). The van der Waals surface area contributed by atoms with E-state index in [9.17, 15) is 4.79 Å². The van der Waals surface area contributed by atoms with Gasteiger partial charge in [0.15, 0.2) is 0 Å². The summed E-state index contributed by atoms with van der Waals surface area (Å²) in [4.78, 5) is 12.3. The van der Waals surface area contributed by atoms with Crippen molar-refractivity contribution in [2.75, 3.05) is 19.6 Å². The van der Waals surface area contributed by atoms with E-state index in [4.69, 9.17) is 16.7 Å². The molecule has 1 unspecified atom stereocenters. The predicted molar refractivity (Wildman–Crippen MR) is 70.9 cm³/mol. The first-order chi connectivity index (χ1) is 8.02. The molecule has 0 aliphatic heterocycles. The predicted octanol–water partition coefficient (Wildman–Crippen LogP) is 1.41. The van der Waals surface area contributed by atoms with Crippen molar-refractivity contribution < 1.29 is 9.90 Å². The van der Waals surface area contributed by atoms with Crippen LogP contribution in [-0.4, -0.2) is 36.8 Å². The first-order valence-corrected chi connectivity index (χ1v) is 6.68. The monoisotopic (exact) mass is 276 g/mol. The molecule has 0 saturated heterocycles. The van der Waals surface area contributed by atoms with Gasteiger partial charge in [-0.3, -0.25) is 4.79 Å². The summed E-state index contributed by atoms with van der Waals surface area (Å²) in [6.07, 6.45) is -0.375. The Bertz CT molecular complexity index is 380. The molecule has 0 aromatic carbocycles. The molecule has 0 aliphatic rings. The van der Waals surface area contributed by atoms with Gasteiger partial charge in [-0.1, -0.05) is 11.6 Å². The molecule has 17 heavy (non-hydrogen) atoms. The number of carbonyl (C=O) groups excluding carboxylic acids is 1. The summed E-state index contributed by atoms with van der Waals surface area (Å²) in [7, 11) is 0. The minimum atomic E-state index is -0.375. The highest BCUT2D eigenvalue weighted by Gasteiger charge is 2.13. The number of hydrogen-bond acceptors (Lipinski definition) is 4. The molecule has 0 aliphatic carbocycles. The zero-order valence-electron chi connectivity index (χ0n) is 9.92. The number of thiophene rings is 1. The van der Waals surface area contributed by atoms with Gasteiger partial charge in [0.25, 0.3) is 5.91 Å². The molecule has 6 heteroatoms. The van der Waals surface area contributed by atoms with Crippen LogP contribution < -0.4 is 10.6 Å². The molecule has 0 saturated carbocycles. The Morgan fingerprint density at radius 3 is 2.82 bits per heavy atom. The van der Waals surface area contributed by atoms with E-state index in [1.54, 1.807) is 6.92 Å². The van der Waals surface area contributed by atoms with Crippen molar-refractivity contribution in [3.05, 3.63) is 20.8 Å². The van der Waals surface area contributed by atoms with E-state index in [1.807, 2.05) is 12.3 Å². The summed E-state index contributed by atoms with van der Waals surface area (Å²) < 4.78 is 0. The van der Waals surface area contributed by atoms with Crippen molar-refractivity contribution in [1.29, 1.82) is 0 Å². The minimum Gasteiger partial charge on any atom is -0.392 e. The topological polar surface area (TPSA) is 61.4 Å². The molecule has 1 aromatic heterocycles. The van der Waals surface area contributed by atoms with Gasteiger partial charge in [0, 0.05) is 19.6 Å². The van der Waals surface area contributed by atoms with Crippen LogP contribution in [0.2, 0.25) is 5.02 Å². The number of hydrogen-bond donors (Lipinski definition) is 3. The van der Waals surface area contributed by atoms with Gasteiger partial charge in [-0.05, 0) is 24.8 Å². The zero-order valence-corrected chi connectivity index (χ0v) is 11.5. The fraction of sp³-hybridized carbons (Fsp3) is 0.545. The van der Waals surface area contributed by atoms with Gasteiger partial charge in [0.1, 0.15) is 4.88 Å². The third-order valence-electron chi connectivity index (χ3n) is 2.13. The molecule has 1 heterocycles. The maximum absolute atomic E-state index is 11.7. The average molecular weight is 277 g/mol. The molecule has 96 valence electrons. The van der Waals surface area contributed by atoms with E-state index in [0.29, 0.717) is 29.5 Å².